The number of benzene rings is 1. The van der Waals surface area contributed by atoms with E-state index in [9.17, 15) is 4.79 Å². The van der Waals surface area contributed by atoms with E-state index in [0.717, 1.165) is 25.1 Å². The third kappa shape index (κ3) is 4.57. The van der Waals surface area contributed by atoms with Gasteiger partial charge in [-0.2, -0.15) is 0 Å². The maximum Gasteiger partial charge on any atom is 0.226 e. The molecule has 0 saturated heterocycles. The van der Waals surface area contributed by atoms with Gasteiger partial charge in [-0.3, -0.25) is 4.79 Å². The van der Waals surface area contributed by atoms with Gasteiger partial charge in [-0.05, 0) is 24.6 Å². The largest absolute Gasteiger partial charge is 0.344 e. The summed E-state index contributed by atoms with van der Waals surface area (Å²) in [6.07, 6.45) is 1.53. The summed E-state index contributed by atoms with van der Waals surface area (Å²) in [5, 5.41) is 3.04. The zero-order valence-corrected chi connectivity index (χ0v) is 11.0. The minimum absolute atomic E-state index is 0.171. The number of aryl methyl sites for hydroxylation is 1. The van der Waals surface area contributed by atoms with E-state index in [1.54, 1.807) is 4.90 Å². The highest BCUT2D eigenvalue weighted by Crippen LogP contribution is 2.06. The lowest BCUT2D eigenvalue weighted by atomic mass is 10.1. The zero-order valence-electron chi connectivity index (χ0n) is 11.0. The summed E-state index contributed by atoms with van der Waals surface area (Å²) in [5.41, 5.74) is 2.40. The van der Waals surface area contributed by atoms with E-state index in [4.69, 9.17) is 0 Å². The highest BCUT2D eigenvalue weighted by Gasteiger charge is 2.08. The minimum Gasteiger partial charge on any atom is -0.344 e. The lowest BCUT2D eigenvalue weighted by Gasteiger charge is -2.16. The van der Waals surface area contributed by atoms with Crippen molar-refractivity contribution in [2.45, 2.75) is 19.8 Å². The average molecular weight is 234 g/mol. The van der Waals surface area contributed by atoms with Crippen molar-refractivity contribution in [3.63, 3.8) is 0 Å². The fourth-order valence-corrected chi connectivity index (χ4v) is 1.61. The summed E-state index contributed by atoms with van der Waals surface area (Å²) in [6.45, 7) is 3.71. The molecule has 0 spiro atoms. The number of hydrogen-bond acceptors (Lipinski definition) is 2. The van der Waals surface area contributed by atoms with E-state index in [1.165, 1.54) is 5.56 Å². The van der Waals surface area contributed by atoms with Gasteiger partial charge in [-0.15, -0.1) is 0 Å². The predicted octanol–water partition coefficient (Wildman–Crippen LogP) is 1.47. The Morgan fingerprint density at radius 3 is 2.35 bits per heavy atom. The summed E-state index contributed by atoms with van der Waals surface area (Å²) in [6, 6.07) is 8.28. The Morgan fingerprint density at radius 2 is 1.82 bits per heavy atom. The summed E-state index contributed by atoms with van der Waals surface area (Å²) >= 11 is 0. The molecule has 1 N–H and O–H groups in total. The molecule has 0 radical (unpaired) electrons. The molecule has 0 aromatic heterocycles. The van der Waals surface area contributed by atoms with E-state index in [2.05, 4.69) is 24.4 Å². The monoisotopic (exact) mass is 234 g/mol. The molecule has 1 aromatic rings. The minimum atomic E-state index is 0.171. The van der Waals surface area contributed by atoms with Gasteiger partial charge in [-0.1, -0.05) is 31.2 Å². The zero-order chi connectivity index (χ0) is 12.7. The molecule has 0 unspecified atom stereocenters. The predicted molar refractivity (Wildman–Crippen MR) is 71.1 cm³/mol. The first-order valence-electron chi connectivity index (χ1n) is 6.13. The number of nitrogens with zero attached hydrogens (tertiary/aromatic N) is 1. The molecule has 0 saturated carbocycles. The van der Waals surface area contributed by atoms with Crippen LogP contribution in [0.5, 0.6) is 0 Å². The van der Waals surface area contributed by atoms with Gasteiger partial charge >= 0.3 is 0 Å². The van der Waals surface area contributed by atoms with Gasteiger partial charge in [0.05, 0.1) is 6.42 Å². The molecule has 0 aliphatic heterocycles. The number of hydrogen-bond donors (Lipinski definition) is 1. The highest BCUT2D eigenvalue weighted by atomic mass is 16.2. The van der Waals surface area contributed by atoms with Crippen LogP contribution in [0.25, 0.3) is 0 Å². The molecule has 0 fully saturated rings. The van der Waals surface area contributed by atoms with Crippen LogP contribution in [0, 0.1) is 0 Å². The van der Waals surface area contributed by atoms with Gasteiger partial charge in [0.1, 0.15) is 0 Å². The van der Waals surface area contributed by atoms with Crippen LogP contribution in [-0.4, -0.2) is 38.0 Å². The molecular formula is C14H22N2O. The molecule has 1 rings (SSSR count). The topological polar surface area (TPSA) is 32.3 Å². The van der Waals surface area contributed by atoms with Gasteiger partial charge < -0.3 is 10.2 Å². The van der Waals surface area contributed by atoms with Crippen molar-refractivity contribution in [3.8, 4) is 0 Å². The van der Waals surface area contributed by atoms with Gasteiger partial charge in [0.2, 0.25) is 5.91 Å². The van der Waals surface area contributed by atoms with Crippen LogP contribution in [0.1, 0.15) is 18.1 Å². The van der Waals surface area contributed by atoms with Crippen molar-refractivity contribution in [2.75, 3.05) is 27.2 Å². The molecule has 3 nitrogen and oxygen atoms in total. The van der Waals surface area contributed by atoms with E-state index in [1.807, 2.05) is 26.2 Å². The fourth-order valence-electron chi connectivity index (χ4n) is 1.61. The number of likely N-dealkylation sites (N-methyl/N-ethyl adjacent to an activating group) is 2. The summed E-state index contributed by atoms with van der Waals surface area (Å²) in [4.78, 5) is 13.6. The van der Waals surface area contributed by atoms with Crippen LogP contribution < -0.4 is 5.32 Å². The number of amides is 1. The second-order valence-corrected chi connectivity index (χ2v) is 4.27. The van der Waals surface area contributed by atoms with Crippen molar-refractivity contribution in [3.05, 3.63) is 35.4 Å². The van der Waals surface area contributed by atoms with Crippen LogP contribution in [0.3, 0.4) is 0 Å². The van der Waals surface area contributed by atoms with Crippen molar-refractivity contribution in [1.82, 2.24) is 10.2 Å². The van der Waals surface area contributed by atoms with Gasteiger partial charge in [0.15, 0.2) is 0 Å². The molecule has 0 heterocycles. The van der Waals surface area contributed by atoms with E-state index in [-0.39, 0.29) is 5.91 Å². The van der Waals surface area contributed by atoms with Crippen LogP contribution in [0.4, 0.5) is 0 Å². The second kappa shape index (κ2) is 7.07. The molecule has 0 atom stereocenters. The quantitative estimate of drug-likeness (QED) is 0.808. The number of carbonyl (C=O) groups excluding carboxylic acids is 1. The van der Waals surface area contributed by atoms with Crippen LogP contribution in [-0.2, 0) is 17.6 Å². The van der Waals surface area contributed by atoms with Crippen molar-refractivity contribution >= 4 is 5.91 Å². The Morgan fingerprint density at radius 1 is 1.24 bits per heavy atom. The Labute approximate surface area is 104 Å². The molecule has 1 aromatic carbocycles. The SMILES string of the molecule is CCc1ccc(CC(=O)N(C)CCNC)cc1. The number of rotatable bonds is 6. The van der Waals surface area contributed by atoms with Crippen LogP contribution >= 0.6 is 0 Å². The summed E-state index contributed by atoms with van der Waals surface area (Å²) in [7, 11) is 3.74. The molecule has 0 aliphatic carbocycles. The first-order chi connectivity index (χ1) is 8.17. The molecule has 0 aliphatic rings. The van der Waals surface area contributed by atoms with Gasteiger partial charge in [-0.25, -0.2) is 0 Å². The van der Waals surface area contributed by atoms with E-state index in [0.29, 0.717) is 6.42 Å². The van der Waals surface area contributed by atoms with Crippen molar-refractivity contribution in [2.24, 2.45) is 0 Å². The smallest absolute Gasteiger partial charge is 0.226 e. The standard InChI is InChI=1S/C14H22N2O/c1-4-12-5-7-13(8-6-12)11-14(17)16(3)10-9-15-2/h5-8,15H,4,9-11H2,1-3H3. The Hall–Kier alpha value is -1.35. The molecule has 0 bridgehead atoms. The van der Waals surface area contributed by atoms with E-state index < -0.39 is 0 Å². The first-order valence-corrected chi connectivity index (χ1v) is 6.13. The van der Waals surface area contributed by atoms with E-state index >= 15 is 0 Å². The third-order valence-electron chi connectivity index (χ3n) is 2.91. The maximum absolute atomic E-state index is 11.9. The normalized spacial score (nSPS) is 10.3. The van der Waals surface area contributed by atoms with Gasteiger partial charge in [0.25, 0.3) is 0 Å². The molecule has 3 heteroatoms. The second-order valence-electron chi connectivity index (χ2n) is 4.27. The Balaban J connectivity index is 2.49. The average Bonchev–Trinajstić information content (AvgIpc) is 2.36. The number of carbonyl (C=O) groups is 1. The number of nitrogens with one attached hydrogen (secondary N) is 1. The summed E-state index contributed by atoms with van der Waals surface area (Å²) in [5.74, 6) is 0.171. The highest BCUT2D eigenvalue weighted by molar-refractivity contribution is 5.78. The molecule has 1 amide bonds. The maximum atomic E-state index is 11.9. The molecule has 17 heavy (non-hydrogen) atoms. The lowest BCUT2D eigenvalue weighted by Crippen LogP contribution is -2.33. The third-order valence-corrected chi connectivity index (χ3v) is 2.91. The molecule has 94 valence electrons. The summed E-state index contributed by atoms with van der Waals surface area (Å²) < 4.78 is 0. The first kappa shape index (κ1) is 13.7. The molecular weight excluding hydrogens is 212 g/mol. The van der Waals surface area contributed by atoms with Crippen LogP contribution in [0.15, 0.2) is 24.3 Å². The van der Waals surface area contributed by atoms with Crippen LogP contribution in [0.2, 0.25) is 0 Å². The Bertz CT molecular complexity index is 346. The lowest BCUT2D eigenvalue weighted by molar-refractivity contribution is -0.129. The fraction of sp³-hybridized carbons (Fsp3) is 0.500. The van der Waals surface area contributed by atoms with Crippen molar-refractivity contribution < 1.29 is 4.79 Å². The Kier molecular flexibility index (Phi) is 5.70. The van der Waals surface area contributed by atoms with Crippen molar-refractivity contribution in [1.29, 1.82) is 0 Å². The van der Waals surface area contributed by atoms with Gasteiger partial charge in [0, 0.05) is 20.1 Å².